The zero-order valence-corrected chi connectivity index (χ0v) is 15.1. The van der Waals surface area contributed by atoms with E-state index >= 15 is 0 Å². The molecule has 26 heavy (non-hydrogen) atoms. The van der Waals surface area contributed by atoms with E-state index in [1.807, 2.05) is 34.9 Å². The van der Waals surface area contributed by atoms with E-state index in [2.05, 4.69) is 33.7 Å². The summed E-state index contributed by atoms with van der Waals surface area (Å²) in [6, 6.07) is 7.80. The number of aliphatic hydroxyl groups is 1. The van der Waals surface area contributed by atoms with Crippen LogP contribution in [0, 0.1) is 0 Å². The number of pyridine rings is 1. The maximum atomic E-state index is 11.4. The minimum Gasteiger partial charge on any atom is -0.382 e. The van der Waals surface area contributed by atoms with E-state index in [1.54, 1.807) is 6.20 Å². The highest BCUT2D eigenvalue weighted by Crippen LogP contribution is 2.34. The molecule has 0 amide bonds. The van der Waals surface area contributed by atoms with Gasteiger partial charge in [-0.3, -0.25) is 0 Å². The van der Waals surface area contributed by atoms with Crippen LogP contribution < -0.4 is 10.6 Å². The van der Waals surface area contributed by atoms with Crippen molar-refractivity contribution in [1.82, 2.24) is 19.4 Å². The molecule has 3 N–H and O–H groups in total. The van der Waals surface area contributed by atoms with Gasteiger partial charge in [-0.15, -0.1) is 0 Å². The average Bonchev–Trinajstić information content (AvgIpc) is 3.06. The number of nitrogens with two attached hydrogens (primary N) is 1. The molecule has 7 heteroatoms. The monoisotopic (exact) mass is 352 g/mol. The largest absolute Gasteiger partial charge is 0.382 e. The van der Waals surface area contributed by atoms with Gasteiger partial charge in [0, 0.05) is 18.8 Å². The van der Waals surface area contributed by atoms with Crippen molar-refractivity contribution in [2.75, 3.05) is 23.7 Å². The number of β-amino-alcohol motifs (C(OH)–C–C–N with tert-alkyl or cyclic N) is 1. The van der Waals surface area contributed by atoms with Gasteiger partial charge in [-0.2, -0.15) is 4.98 Å². The van der Waals surface area contributed by atoms with Crippen LogP contribution >= 0.6 is 0 Å². The van der Waals surface area contributed by atoms with Gasteiger partial charge in [0.25, 0.3) is 0 Å². The Labute approximate surface area is 152 Å². The summed E-state index contributed by atoms with van der Waals surface area (Å²) >= 11 is 0. The Morgan fingerprint density at radius 2 is 2.12 bits per heavy atom. The summed E-state index contributed by atoms with van der Waals surface area (Å²) in [4.78, 5) is 15.2. The fourth-order valence-corrected chi connectivity index (χ4v) is 3.65. The van der Waals surface area contributed by atoms with Gasteiger partial charge in [0.15, 0.2) is 0 Å². The van der Waals surface area contributed by atoms with E-state index in [0.717, 1.165) is 35.8 Å². The predicted octanol–water partition coefficient (Wildman–Crippen LogP) is 2.32. The second kappa shape index (κ2) is 6.25. The lowest BCUT2D eigenvalue weighted by molar-refractivity contribution is 0.0168. The summed E-state index contributed by atoms with van der Waals surface area (Å²) in [5.74, 6) is 1.31. The number of piperidine rings is 1. The van der Waals surface area contributed by atoms with E-state index < -0.39 is 5.60 Å². The molecule has 1 atom stereocenters. The predicted molar refractivity (Wildman–Crippen MR) is 101 cm³/mol. The molecule has 0 aliphatic carbocycles. The second-order valence-electron chi connectivity index (χ2n) is 7.29. The van der Waals surface area contributed by atoms with Gasteiger partial charge in [-0.1, -0.05) is 19.9 Å². The Hall–Kier alpha value is -2.67. The lowest BCUT2D eigenvalue weighted by atomic mass is 9.89. The minimum absolute atomic E-state index is 0.265. The first-order valence-corrected chi connectivity index (χ1v) is 9.01. The van der Waals surface area contributed by atoms with Crippen LogP contribution in [0.1, 0.15) is 44.0 Å². The Bertz CT molecular complexity index is 937. The Morgan fingerprint density at radius 1 is 1.27 bits per heavy atom. The summed E-state index contributed by atoms with van der Waals surface area (Å²) in [5.41, 5.74) is 7.48. The first kappa shape index (κ1) is 16.8. The van der Waals surface area contributed by atoms with E-state index in [-0.39, 0.29) is 11.9 Å². The number of rotatable bonds is 3. The van der Waals surface area contributed by atoms with Crippen molar-refractivity contribution in [3.05, 3.63) is 48.0 Å². The van der Waals surface area contributed by atoms with E-state index in [9.17, 15) is 5.11 Å². The third kappa shape index (κ3) is 2.88. The number of imidazole rings is 1. The van der Waals surface area contributed by atoms with Gasteiger partial charge in [0.2, 0.25) is 5.95 Å². The molecule has 0 bridgehead atoms. The molecule has 1 unspecified atom stereocenters. The van der Waals surface area contributed by atoms with Crippen molar-refractivity contribution in [1.29, 1.82) is 0 Å². The molecule has 136 valence electrons. The van der Waals surface area contributed by atoms with Gasteiger partial charge < -0.3 is 20.1 Å². The summed E-state index contributed by atoms with van der Waals surface area (Å²) in [6.07, 6.45) is 5.25. The number of hydrogen-bond donors (Lipinski definition) is 2. The maximum absolute atomic E-state index is 11.4. The van der Waals surface area contributed by atoms with Crippen molar-refractivity contribution >= 4 is 17.4 Å². The number of anilines is 2. The van der Waals surface area contributed by atoms with E-state index in [0.29, 0.717) is 13.0 Å². The lowest BCUT2D eigenvalue weighted by Crippen LogP contribution is -2.47. The zero-order valence-electron chi connectivity index (χ0n) is 15.1. The fraction of sp³-hybridized carbons (Fsp3) is 0.421. The van der Waals surface area contributed by atoms with Crippen LogP contribution in [-0.2, 0) is 5.60 Å². The maximum Gasteiger partial charge on any atom is 0.222 e. The first-order valence-electron chi connectivity index (χ1n) is 9.01. The van der Waals surface area contributed by atoms with Crippen molar-refractivity contribution in [3.8, 4) is 0 Å². The van der Waals surface area contributed by atoms with Crippen LogP contribution in [0.2, 0.25) is 0 Å². The summed E-state index contributed by atoms with van der Waals surface area (Å²) in [7, 11) is 0. The topological polar surface area (TPSA) is 92.6 Å². The molecule has 1 aliphatic rings. The average molecular weight is 352 g/mol. The smallest absolute Gasteiger partial charge is 0.222 e. The summed E-state index contributed by atoms with van der Waals surface area (Å²) in [6.45, 7) is 5.43. The Morgan fingerprint density at radius 3 is 2.92 bits per heavy atom. The molecule has 7 nitrogen and oxygen atoms in total. The van der Waals surface area contributed by atoms with Crippen LogP contribution in [0.4, 0.5) is 11.8 Å². The molecule has 1 saturated heterocycles. The number of hydrogen-bond acceptors (Lipinski definition) is 6. The Kier molecular flexibility index (Phi) is 4.03. The van der Waals surface area contributed by atoms with Crippen molar-refractivity contribution in [2.45, 2.75) is 38.2 Å². The molecule has 0 spiro atoms. The van der Waals surface area contributed by atoms with Crippen LogP contribution in [0.25, 0.3) is 5.65 Å². The molecule has 1 aliphatic heterocycles. The van der Waals surface area contributed by atoms with Crippen LogP contribution in [-0.4, -0.2) is 37.5 Å². The molecule has 0 aromatic carbocycles. The molecule has 3 aromatic rings. The molecule has 3 aromatic heterocycles. The third-order valence-electron chi connectivity index (χ3n) is 5.03. The highest BCUT2D eigenvalue weighted by Gasteiger charge is 2.38. The van der Waals surface area contributed by atoms with Crippen molar-refractivity contribution in [2.24, 2.45) is 0 Å². The van der Waals surface area contributed by atoms with Gasteiger partial charge in [-0.25, -0.2) is 9.97 Å². The number of fused-ring (bicyclic) bond motifs is 1. The van der Waals surface area contributed by atoms with Crippen molar-refractivity contribution in [3.63, 3.8) is 0 Å². The molecule has 1 fully saturated rings. The molecule has 4 rings (SSSR count). The number of nitrogen functional groups attached to an aromatic ring is 1. The number of aromatic nitrogens is 4. The third-order valence-corrected chi connectivity index (χ3v) is 5.03. The molecular weight excluding hydrogens is 328 g/mol. The van der Waals surface area contributed by atoms with Gasteiger partial charge >= 0.3 is 0 Å². The van der Waals surface area contributed by atoms with E-state index in [1.165, 1.54) is 0 Å². The van der Waals surface area contributed by atoms with Crippen LogP contribution in [0.15, 0.2) is 36.7 Å². The lowest BCUT2D eigenvalue weighted by Gasteiger charge is -2.39. The fourth-order valence-electron chi connectivity index (χ4n) is 3.65. The quantitative estimate of drug-likeness (QED) is 0.751. The molecular formula is C19H24N6O. The highest BCUT2D eigenvalue weighted by molar-refractivity contribution is 5.47. The number of nitrogens with zero attached hydrogens (tertiary/aromatic N) is 5. The highest BCUT2D eigenvalue weighted by atomic mass is 16.3. The van der Waals surface area contributed by atoms with Crippen LogP contribution in [0.5, 0.6) is 0 Å². The first-order chi connectivity index (χ1) is 12.5. The van der Waals surface area contributed by atoms with Gasteiger partial charge in [0.05, 0.1) is 24.1 Å². The summed E-state index contributed by atoms with van der Waals surface area (Å²) < 4.78 is 1.96. The SMILES string of the molecule is CC(C)c1cc(N2CCCC(O)(c3cnc4ccccn34)C2)nc(N)n1. The molecule has 0 radical (unpaired) electrons. The van der Waals surface area contributed by atoms with Gasteiger partial charge in [-0.05, 0) is 30.9 Å². The minimum atomic E-state index is -0.989. The van der Waals surface area contributed by atoms with E-state index in [4.69, 9.17) is 5.73 Å². The van der Waals surface area contributed by atoms with Crippen molar-refractivity contribution < 1.29 is 5.11 Å². The molecule has 4 heterocycles. The normalized spacial score (nSPS) is 20.8. The standard InChI is InChI=1S/C19H24N6O/c1-13(2)14-10-17(23-18(20)22-14)24-8-5-7-19(26,12-24)15-11-21-16-6-3-4-9-25(15)16/h3-4,6,9-11,13,26H,5,7-8,12H2,1-2H3,(H2,20,22,23). The van der Waals surface area contributed by atoms with Gasteiger partial charge in [0.1, 0.15) is 17.1 Å². The molecule has 0 saturated carbocycles. The van der Waals surface area contributed by atoms with Crippen LogP contribution in [0.3, 0.4) is 0 Å². The Balaban J connectivity index is 1.69. The zero-order chi connectivity index (χ0) is 18.3. The summed E-state index contributed by atoms with van der Waals surface area (Å²) in [5, 5.41) is 11.4. The second-order valence-corrected chi connectivity index (χ2v) is 7.29.